The average Bonchev–Trinajstić information content (AvgIpc) is 3.01. The van der Waals surface area contributed by atoms with Crippen LogP contribution in [0.4, 0.5) is 11.4 Å². The molecule has 0 amide bonds. The van der Waals surface area contributed by atoms with E-state index < -0.39 is 0 Å². The molecule has 0 saturated heterocycles. The van der Waals surface area contributed by atoms with Crippen LogP contribution < -0.4 is 11.1 Å². The highest BCUT2D eigenvalue weighted by atomic mass is 16.5. The van der Waals surface area contributed by atoms with Crippen LogP contribution in [0.1, 0.15) is 23.2 Å². The van der Waals surface area contributed by atoms with Crippen LogP contribution in [0.2, 0.25) is 0 Å². The number of anilines is 2. The van der Waals surface area contributed by atoms with E-state index in [2.05, 4.69) is 10.3 Å². The van der Waals surface area contributed by atoms with Gasteiger partial charge in [-0.2, -0.15) is 0 Å². The number of methoxy groups -OCH3 is 1. The lowest BCUT2D eigenvalue weighted by atomic mass is 10.1. The lowest BCUT2D eigenvalue weighted by molar-refractivity contribution is 0.0601. The molecule has 0 atom stereocenters. The number of nitrogens with one attached hydrogen (secondary N) is 1. The molecule has 112 valence electrons. The summed E-state index contributed by atoms with van der Waals surface area (Å²) in [5, 5.41) is 3.25. The minimum atomic E-state index is -0.363. The van der Waals surface area contributed by atoms with Crippen molar-refractivity contribution in [1.29, 1.82) is 0 Å². The van der Waals surface area contributed by atoms with Crippen molar-refractivity contribution >= 4 is 17.3 Å². The standard InChI is InChI=1S/C15H20N4O2/c1-21-15(20)12-4-5-13(16)14(10-12)18-6-2-3-8-19-9-7-17-11-19/h4-5,7,9-11,18H,2-3,6,8,16H2,1H3. The van der Waals surface area contributed by atoms with Gasteiger partial charge in [-0.3, -0.25) is 0 Å². The van der Waals surface area contributed by atoms with Crippen molar-refractivity contribution in [3.8, 4) is 0 Å². The fourth-order valence-corrected chi connectivity index (χ4v) is 2.02. The summed E-state index contributed by atoms with van der Waals surface area (Å²) < 4.78 is 6.75. The number of carbonyl (C=O) groups excluding carboxylic acids is 1. The number of hydrogen-bond acceptors (Lipinski definition) is 5. The van der Waals surface area contributed by atoms with Crippen LogP contribution in [0.5, 0.6) is 0 Å². The Bertz CT molecular complexity index is 581. The Morgan fingerprint density at radius 3 is 3.00 bits per heavy atom. The summed E-state index contributed by atoms with van der Waals surface area (Å²) in [6, 6.07) is 5.09. The summed E-state index contributed by atoms with van der Waals surface area (Å²) in [5.41, 5.74) is 7.78. The van der Waals surface area contributed by atoms with Crippen LogP contribution in [-0.2, 0) is 11.3 Å². The minimum absolute atomic E-state index is 0.363. The Morgan fingerprint density at radius 1 is 1.43 bits per heavy atom. The number of nitrogens with zero attached hydrogens (tertiary/aromatic N) is 2. The van der Waals surface area contributed by atoms with Gasteiger partial charge in [-0.05, 0) is 31.0 Å². The van der Waals surface area contributed by atoms with E-state index >= 15 is 0 Å². The molecule has 21 heavy (non-hydrogen) atoms. The van der Waals surface area contributed by atoms with Crippen molar-refractivity contribution in [1.82, 2.24) is 9.55 Å². The third-order valence-corrected chi connectivity index (χ3v) is 3.19. The number of aromatic nitrogens is 2. The molecule has 0 unspecified atom stereocenters. The van der Waals surface area contributed by atoms with Gasteiger partial charge in [0.15, 0.2) is 0 Å². The first-order valence-electron chi connectivity index (χ1n) is 6.88. The maximum Gasteiger partial charge on any atom is 0.337 e. The molecule has 3 N–H and O–H groups in total. The van der Waals surface area contributed by atoms with Gasteiger partial charge in [-0.15, -0.1) is 0 Å². The molecular weight excluding hydrogens is 268 g/mol. The molecule has 2 rings (SSSR count). The number of imidazole rings is 1. The summed E-state index contributed by atoms with van der Waals surface area (Å²) in [5.74, 6) is -0.363. The van der Waals surface area contributed by atoms with Gasteiger partial charge in [0.1, 0.15) is 0 Å². The quantitative estimate of drug-likeness (QED) is 0.463. The smallest absolute Gasteiger partial charge is 0.337 e. The van der Waals surface area contributed by atoms with E-state index in [-0.39, 0.29) is 5.97 Å². The number of ether oxygens (including phenoxy) is 1. The van der Waals surface area contributed by atoms with E-state index in [1.165, 1.54) is 7.11 Å². The van der Waals surface area contributed by atoms with Crippen molar-refractivity contribution in [2.24, 2.45) is 0 Å². The lowest BCUT2D eigenvalue weighted by Crippen LogP contribution is -2.08. The lowest BCUT2D eigenvalue weighted by Gasteiger charge is -2.11. The van der Waals surface area contributed by atoms with E-state index in [0.717, 1.165) is 31.6 Å². The van der Waals surface area contributed by atoms with E-state index in [4.69, 9.17) is 10.5 Å². The molecule has 6 heteroatoms. The van der Waals surface area contributed by atoms with Crippen LogP contribution in [0.25, 0.3) is 0 Å². The zero-order valence-corrected chi connectivity index (χ0v) is 12.1. The molecule has 0 bridgehead atoms. The second kappa shape index (κ2) is 7.33. The highest BCUT2D eigenvalue weighted by Crippen LogP contribution is 2.20. The zero-order valence-electron chi connectivity index (χ0n) is 12.1. The number of carbonyl (C=O) groups is 1. The van der Waals surface area contributed by atoms with Crippen LogP contribution in [0.15, 0.2) is 36.9 Å². The molecule has 0 aliphatic rings. The SMILES string of the molecule is COC(=O)c1ccc(N)c(NCCCCn2ccnc2)c1. The Kier molecular flexibility index (Phi) is 5.20. The summed E-state index contributed by atoms with van der Waals surface area (Å²) in [4.78, 5) is 15.5. The third kappa shape index (κ3) is 4.24. The van der Waals surface area contributed by atoms with Crippen molar-refractivity contribution in [2.45, 2.75) is 19.4 Å². The third-order valence-electron chi connectivity index (χ3n) is 3.19. The van der Waals surface area contributed by atoms with Crippen LogP contribution in [0, 0.1) is 0 Å². The first-order valence-corrected chi connectivity index (χ1v) is 6.88. The Hall–Kier alpha value is -2.50. The summed E-state index contributed by atoms with van der Waals surface area (Å²) >= 11 is 0. The zero-order chi connectivity index (χ0) is 15.1. The van der Waals surface area contributed by atoms with Crippen molar-refractivity contribution in [2.75, 3.05) is 24.7 Å². The fourth-order valence-electron chi connectivity index (χ4n) is 2.02. The van der Waals surface area contributed by atoms with Gasteiger partial charge < -0.3 is 20.4 Å². The molecule has 0 saturated carbocycles. The molecule has 1 aromatic heterocycles. The fraction of sp³-hybridized carbons (Fsp3) is 0.333. The molecule has 0 aliphatic carbocycles. The second-order valence-corrected chi connectivity index (χ2v) is 4.73. The number of rotatable bonds is 7. The number of benzene rings is 1. The molecule has 0 fully saturated rings. The topological polar surface area (TPSA) is 82.2 Å². The Morgan fingerprint density at radius 2 is 2.29 bits per heavy atom. The number of esters is 1. The molecule has 6 nitrogen and oxygen atoms in total. The second-order valence-electron chi connectivity index (χ2n) is 4.73. The largest absolute Gasteiger partial charge is 0.465 e. The minimum Gasteiger partial charge on any atom is -0.465 e. The van der Waals surface area contributed by atoms with Crippen LogP contribution in [0.3, 0.4) is 0 Å². The molecule has 2 aromatic rings. The maximum atomic E-state index is 11.5. The van der Waals surface area contributed by atoms with Gasteiger partial charge in [-0.25, -0.2) is 9.78 Å². The average molecular weight is 288 g/mol. The number of unbranched alkanes of at least 4 members (excludes halogenated alkanes) is 1. The van der Waals surface area contributed by atoms with Gasteiger partial charge in [0.05, 0.1) is 30.4 Å². The normalized spacial score (nSPS) is 10.3. The van der Waals surface area contributed by atoms with E-state index in [1.807, 2.05) is 17.1 Å². The molecule has 1 aromatic carbocycles. The van der Waals surface area contributed by atoms with Gasteiger partial charge >= 0.3 is 5.97 Å². The molecule has 0 radical (unpaired) electrons. The van der Waals surface area contributed by atoms with E-state index in [9.17, 15) is 4.79 Å². The van der Waals surface area contributed by atoms with Gasteiger partial charge in [0, 0.05) is 25.5 Å². The maximum absolute atomic E-state index is 11.5. The first kappa shape index (κ1) is 14.9. The molecule has 0 spiro atoms. The number of aryl methyl sites for hydroxylation is 1. The number of nitrogen functional groups attached to an aromatic ring is 1. The van der Waals surface area contributed by atoms with Crippen molar-refractivity contribution in [3.63, 3.8) is 0 Å². The van der Waals surface area contributed by atoms with Crippen molar-refractivity contribution < 1.29 is 9.53 Å². The van der Waals surface area contributed by atoms with E-state index in [0.29, 0.717) is 11.3 Å². The van der Waals surface area contributed by atoms with Gasteiger partial charge in [0.2, 0.25) is 0 Å². The first-order chi connectivity index (χ1) is 10.2. The summed E-state index contributed by atoms with van der Waals surface area (Å²) in [6.07, 6.45) is 7.58. The van der Waals surface area contributed by atoms with Crippen LogP contribution in [-0.4, -0.2) is 29.2 Å². The number of nitrogens with two attached hydrogens (primary N) is 1. The highest BCUT2D eigenvalue weighted by molar-refractivity contribution is 5.91. The van der Waals surface area contributed by atoms with Gasteiger partial charge in [-0.1, -0.05) is 0 Å². The number of hydrogen-bond donors (Lipinski definition) is 2. The Balaban J connectivity index is 1.80. The Labute approximate surface area is 123 Å². The van der Waals surface area contributed by atoms with Gasteiger partial charge in [0.25, 0.3) is 0 Å². The molecule has 0 aliphatic heterocycles. The molecule has 1 heterocycles. The summed E-state index contributed by atoms with van der Waals surface area (Å²) in [7, 11) is 1.36. The predicted octanol–water partition coefficient (Wildman–Crippen LogP) is 2.14. The van der Waals surface area contributed by atoms with E-state index in [1.54, 1.807) is 24.4 Å². The van der Waals surface area contributed by atoms with Crippen molar-refractivity contribution in [3.05, 3.63) is 42.5 Å². The predicted molar refractivity (Wildman–Crippen MR) is 82.1 cm³/mol. The highest BCUT2D eigenvalue weighted by Gasteiger charge is 2.07. The summed E-state index contributed by atoms with van der Waals surface area (Å²) in [6.45, 7) is 1.74. The van der Waals surface area contributed by atoms with Crippen LogP contribution >= 0.6 is 0 Å². The molecular formula is C15H20N4O2. The monoisotopic (exact) mass is 288 g/mol.